The first-order chi connectivity index (χ1) is 12.5. The van der Waals surface area contributed by atoms with E-state index in [0.29, 0.717) is 22.1 Å². The highest BCUT2D eigenvalue weighted by Gasteiger charge is 2.15. The zero-order chi connectivity index (χ0) is 18.6. The number of aromatic nitrogens is 2. The monoisotopic (exact) mass is 385 g/mol. The van der Waals surface area contributed by atoms with E-state index in [1.165, 1.54) is 18.2 Å². The quantitative estimate of drug-likeness (QED) is 0.695. The highest BCUT2D eigenvalue weighted by atomic mass is 35.5. The van der Waals surface area contributed by atoms with Crippen molar-refractivity contribution in [2.45, 2.75) is 4.90 Å². The maximum Gasteiger partial charge on any atom is 0.263 e. The highest BCUT2D eigenvalue weighted by Crippen LogP contribution is 2.19. The van der Waals surface area contributed by atoms with Crippen LogP contribution in [0.25, 0.3) is 0 Å². The third kappa shape index (κ3) is 4.27. The van der Waals surface area contributed by atoms with Gasteiger partial charge in [-0.3, -0.25) is 4.72 Å². The molecule has 3 rings (SSSR count). The number of rotatable bonds is 5. The Morgan fingerprint density at radius 3 is 2.38 bits per heavy atom. The molecule has 1 heterocycles. The SMILES string of the molecule is N#Cc1cccc(Nc2ccc(NS(=O)(=O)c3cccc(Cl)c3)nn2)c1. The molecule has 1 aromatic heterocycles. The molecule has 0 fully saturated rings. The molecule has 0 amide bonds. The van der Waals surface area contributed by atoms with Crippen molar-refractivity contribution in [2.75, 3.05) is 10.0 Å². The maximum atomic E-state index is 12.3. The lowest BCUT2D eigenvalue weighted by Crippen LogP contribution is -2.14. The van der Waals surface area contributed by atoms with E-state index in [4.69, 9.17) is 16.9 Å². The van der Waals surface area contributed by atoms with Crippen LogP contribution in [0.3, 0.4) is 0 Å². The number of halogens is 1. The summed E-state index contributed by atoms with van der Waals surface area (Å²) >= 11 is 5.82. The van der Waals surface area contributed by atoms with Crippen molar-refractivity contribution in [1.29, 1.82) is 5.26 Å². The highest BCUT2D eigenvalue weighted by molar-refractivity contribution is 7.92. The van der Waals surface area contributed by atoms with Gasteiger partial charge in [-0.05, 0) is 48.5 Å². The molecular weight excluding hydrogens is 374 g/mol. The predicted octanol–water partition coefficient (Wildman–Crippen LogP) is 3.55. The van der Waals surface area contributed by atoms with Gasteiger partial charge < -0.3 is 5.32 Å². The lowest BCUT2D eigenvalue weighted by atomic mass is 10.2. The van der Waals surface area contributed by atoms with Crippen LogP contribution in [0.1, 0.15) is 5.56 Å². The Hall–Kier alpha value is -3.15. The van der Waals surface area contributed by atoms with E-state index in [1.54, 1.807) is 42.5 Å². The summed E-state index contributed by atoms with van der Waals surface area (Å²) in [6, 6.07) is 17.9. The van der Waals surface area contributed by atoms with Crippen molar-refractivity contribution in [3.8, 4) is 6.07 Å². The van der Waals surface area contributed by atoms with Gasteiger partial charge in [0.1, 0.15) is 0 Å². The average molecular weight is 386 g/mol. The van der Waals surface area contributed by atoms with E-state index in [1.807, 2.05) is 6.07 Å². The van der Waals surface area contributed by atoms with E-state index in [-0.39, 0.29) is 10.7 Å². The molecule has 0 aliphatic heterocycles. The summed E-state index contributed by atoms with van der Waals surface area (Å²) in [5.41, 5.74) is 1.18. The Morgan fingerprint density at radius 2 is 1.69 bits per heavy atom. The second-order valence-corrected chi connectivity index (χ2v) is 7.30. The molecular formula is C17H12ClN5O2S. The van der Waals surface area contributed by atoms with Gasteiger partial charge in [0, 0.05) is 10.7 Å². The van der Waals surface area contributed by atoms with Gasteiger partial charge in [0.05, 0.1) is 16.5 Å². The van der Waals surface area contributed by atoms with E-state index in [0.717, 1.165) is 0 Å². The lowest BCUT2D eigenvalue weighted by molar-refractivity contribution is 0.601. The van der Waals surface area contributed by atoms with Gasteiger partial charge in [0.2, 0.25) is 0 Å². The second kappa shape index (κ2) is 7.39. The molecule has 0 saturated heterocycles. The first-order valence-electron chi connectivity index (χ1n) is 7.35. The summed E-state index contributed by atoms with van der Waals surface area (Å²) in [5.74, 6) is 0.479. The molecule has 0 unspecified atom stereocenters. The predicted molar refractivity (Wildman–Crippen MR) is 98.7 cm³/mol. The Labute approximate surface area is 155 Å². The van der Waals surface area contributed by atoms with Crippen LogP contribution < -0.4 is 10.0 Å². The number of anilines is 3. The van der Waals surface area contributed by atoms with Gasteiger partial charge in [-0.15, -0.1) is 10.2 Å². The van der Waals surface area contributed by atoms with Crippen molar-refractivity contribution < 1.29 is 8.42 Å². The number of sulfonamides is 1. The van der Waals surface area contributed by atoms with Crippen LogP contribution in [0, 0.1) is 11.3 Å². The molecule has 0 aliphatic carbocycles. The summed E-state index contributed by atoms with van der Waals surface area (Å²) in [5, 5.41) is 20.0. The van der Waals surface area contributed by atoms with Crippen LogP contribution in [0.5, 0.6) is 0 Å². The lowest BCUT2D eigenvalue weighted by Gasteiger charge is -2.08. The molecule has 9 heteroatoms. The third-order valence-electron chi connectivity index (χ3n) is 3.27. The van der Waals surface area contributed by atoms with Crippen molar-refractivity contribution in [3.05, 3.63) is 71.2 Å². The summed E-state index contributed by atoms with van der Waals surface area (Å²) in [4.78, 5) is 0.0299. The number of benzene rings is 2. The molecule has 0 atom stereocenters. The normalized spacial score (nSPS) is 10.8. The average Bonchev–Trinajstić information content (AvgIpc) is 2.63. The second-order valence-electron chi connectivity index (χ2n) is 5.18. The minimum Gasteiger partial charge on any atom is -0.339 e. The van der Waals surface area contributed by atoms with Crippen LogP contribution in [-0.4, -0.2) is 18.6 Å². The van der Waals surface area contributed by atoms with E-state index in [9.17, 15) is 8.42 Å². The number of nitriles is 1. The largest absolute Gasteiger partial charge is 0.339 e. The standard InChI is InChI=1S/C17H12ClN5O2S/c18-13-4-2-6-15(10-13)26(24,25)23-17-8-7-16(21-22-17)20-14-5-1-3-12(9-14)11-19/h1-10H,(H,20,21)(H,22,23). The van der Waals surface area contributed by atoms with Crippen molar-refractivity contribution >= 4 is 38.9 Å². The minimum atomic E-state index is -3.81. The maximum absolute atomic E-state index is 12.3. The molecule has 0 radical (unpaired) electrons. The molecule has 2 N–H and O–H groups in total. The van der Waals surface area contributed by atoms with Gasteiger partial charge in [-0.2, -0.15) is 5.26 Å². The van der Waals surface area contributed by atoms with Crippen molar-refractivity contribution in [3.63, 3.8) is 0 Å². The molecule has 0 bridgehead atoms. The fraction of sp³-hybridized carbons (Fsp3) is 0. The van der Waals surface area contributed by atoms with Gasteiger partial charge in [0.25, 0.3) is 10.0 Å². The number of nitrogens with one attached hydrogen (secondary N) is 2. The van der Waals surface area contributed by atoms with Crippen LogP contribution >= 0.6 is 11.6 Å². The molecule has 2 aromatic carbocycles. The Balaban J connectivity index is 1.74. The summed E-state index contributed by atoms with van der Waals surface area (Å²) in [6.07, 6.45) is 0. The Kier molecular flexibility index (Phi) is 5.02. The van der Waals surface area contributed by atoms with Crippen LogP contribution in [-0.2, 0) is 10.0 Å². The molecule has 130 valence electrons. The fourth-order valence-electron chi connectivity index (χ4n) is 2.10. The zero-order valence-corrected chi connectivity index (χ0v) is 14.8. The van der Waals surface area contributed by atoms with Gasteiger partial charge >= 0.3 is 0 Å². The number of hydrogen-bond donors (Lipinski definition) is 2. The molecule has 7 nitrogen and oxygen atoms in total. The third-order valence-corrected chi connectivity index (χ3v) is 4.86. The van der Waals surface area contributed by atoms with Crippen molar-refractivity contribution in [1.82, 2.24) is 10.2 Å². The molecule has 26 heavy (non-hydrogen) atoms. The summed E-state index contributed by atoms with van der Waals surface area (Å²) in [6.45, 7) is 0. The van der Waals surface area contributed by atoms with Gasteiger partial charge in [0.15, 0.2) is 11.6 Å². The topological polar surface area (TPSA) is 108 Å². The van der Waals surface area contributed by atoms with Crippen LogP contribution in [0.2, 0.25) is 5.02 Å². The molecule has 0 spiro atoms. The van der Waals surface area contributed by atoms with E-state index in [2.05, 4.69) is 20.2 Å². The number of hydrogen-bond acceptors (Lipinski definition) is 6. The smallest absolute Gasteiger partial charge is 0.263 e. The Morgan fingerprint density at radius 1 is 0.962 bits per heavy atom. The van der Waals surface area contributed by atoms with E-state index < -0.39 is 10.0 Å². The molecule has 0 saturated carbocycles. The van der Waals surface area contributed by atoms with Gasteiger partial charge in [-0.1, -0.05) is 23.7 Å². The van der Waals surface area contributed by atoms with Crippen LogP contribution in [0.4, 0.5) is 17.3 Å². The Bertz CT molecular complexity index is 1080. The number of nitrogens with zero attached hydrogens (tertiary/aromatic N) is 3. The minimum absolute atomic E-state index is 0.0299. The fourth-order valence-corrected chi connectivity index (χ4v) is 3.40. The van der Waals surface area contributed by atoms with E-state index >= 15 is 0 Å². The summed E-state index contributed by atoms with van der Waals surface area (Å²) in [7, 11) is -3.81. The molecule has 3 aromatic rings. The van der Waals surface area contributed by atoms with Gasteiger partial charge in [-0.25, -0.2) is 8.42 Å². The van der Waals surface area contributed by atoms with Crippen LogP contribution in [0.15, 0.2) is 65.6 Å². The molecule has 0 aliphatic rings. The van der Waals surface area contributed by atoms with Crippen molar-refractivity contribution in [2.24, 2.45) is 0 Å². The zero-order valence-electron chi connectivity index (χ0n) is 13.2. The first-order valence-corrected chi connectivity index (χ1v) is 9.22. The first kappa shape index (κ1) is 17.7. The summed E-state index contributed by atoms with van der Waals surface area (Å²) < 4.78 is 27.0.